The van der Waals surface area contributed by atoms with Crippen LogP contribution in [0.4, 0.5) is 0 Å². The summed E-state index contributed by atoms with van der Waals surface area (Å²) in [5.74, 6) is 0.758. The molecule has 1 aliphatic carbocycles. The second kappa shape index (κ2) is 6.81. The van der Waals surface area contributed by atoms with Gasteiger partial charge in [0, 0.05) is 12.5 Å². The average Bonchev–Trinajstić information content (AvgIpc) is 3.06. The Bertz CT molecular complexity index is 548. The van der Waals surface area contributed by atoms with Gasteiger partial charge < -0.3 is 14.9 Å². The van der Waals surface area contributed by atoms with Gasteiger partial charge in [0.15, 0.2) is 0 Å². The number of oxime groups is 1. The second-order valence-corrected chi connectivity index (χ2v) is 5.91. The molecule has 118 valence electrons. The van der Waals surface area contributed by atoms with Crippen molar-refractivity contribution in [2.45, 2.75) is 50.7 Å². The van der Waals surface area contributed by atoms with Gasteiger partial charge in [-0.1, -0.05) is 24.4 Å². The molecule has 1 saturated carbocycles. The molecule has 1 N–H and O–H groups in total. The Hall–Kier alpha value is -2.04. The largest absolute Gasteiger partial charge is 0.497 e. The summed E-state index contributed by atoms with van der Waals surface area (Å²) in [4.78, 5) is 17.6. The van der Waals surface area contributed by atoms with Gasteiger partial charge in [-0.2, -0.15) is 0 Å². The van der Waals surface area contributed by atoms with E-state index in [2.05, 4.69) is 10.5 Å². The molecule has 1 atom stereocenters. The highest BCUT2D eigenvalue weighted by Gasteiger charge is 2.30. The highest BCUT2D eigenvalue weighted by atomic mass is 16.6. The van der Waals surface area contributed by atoms with Crippen molar-refractivity contribution in [3.63, 3.8) is 0 Å². The second-order valence-electron chi connectivity index (χ2n) is 5.91. The van der Waals surface area contributed by atoms with Gasteiger partial charge in [-0.05, 0) is 42.7 Å². The van der Waals surface area contributed by atoms with Crippen LogP contribution in [0.1, 0.15) is 44.1 Å². The van der Waals surface area contributed by atoms with Crippen LogP contribution in [-0.4, -0.2) is 30.9 Å². The molecular weight excluding hydrogens is 280 g/mol. The molecule has 3 rings (SSSR count). The molecule has 0 saturated heterocycles. The number of methoxy groups -OCH3 is 1. The standard InChI is InChI=1S/C17H22N2O3/c1-21-14-9-7-12(8-10-14)15-11-16(22-19-15)17(20)18-13-5-3-2-4-6-13/h7-10,13,16H,2-6,11H2,1H3,(H,18,20). The van der Waals surface area contributed by atoms with Gasteiger partial charge >= 0.3 is 0 Å². The first-order valence-electron chi connectivity index (χ1n) is 7.94. The molecule has 0 aromatic heterocycles. The Morgan fingerprint density at radius 2 is 1.95 bits per heavy atom. The number of hydrogen-bond acceptors (Lipinski definition) is 4. The number of carbonyl (C=O) groups is 1. The molecule has 1 fully saturated rings. The predicted octanol–water partition coefficient (Wildman–Crippen LogP) is 2.64. The minimum atomic E-state index is -0.501. The summed E-state index contributed by atoms with van der Waals surface area (Å²) in [6, 6.07) is 7.93. The molecule has 1 aromatic rings. The van der Waals surface area contributed by atoms with E-state index >= 15 is 0 Å². The van der Waals surface area contributed by atoms with E-state index in [0.29, 0.717) is 12.5 Å². The highest BCUT2D eigenvalue weighted by Crippen LogP contribution is 2.21. The van der Waals surface area contributed by atoms with Gasteiger partial charge in [-0.15, -0.1) is 0 Å². The SMILES string of the molecule is COc1ccc(C2=NOC(C(=O)NC3CCCCC3)C2)cc1. The van der Waals surface area contributed by atoms with Gasteiger partial charge in [-0.3, -0.25) is 4.79 Å². The molecule has 22 heavy (non-hydrogen) atoms. The van der Waals surface area contributed by atoms with Crippen LogP contribution in [-0.2, 0) is 9.63 Å². The van der Waals surface area contributed by atoms with E-state index in [-0.39, 0.29) is 5.91 Å². The number of carbonyl (C=O) groups excluding carboxylic acids is 1. The number of rotatable bonds is 4. The monoisotopic (exact) mass is 302 g/mol. The van der Waals surface area contributed by atoms with Crippen LogP contribution < -0.4 is 10.1 Å². The number of nitrogens with zero attached hydrogens (tertiary/aromatic N) is 1. The van der Waals surface area contributed by atoms with Crippen LogP contribution in [0.2, 0.25) is 0 Å². The Labute approximate surface area is 130 Å². The van der Waals surface area contributed by atoms with Gasteiger partial charge in [-0.25, -0.2) is 0 Å². The summed E-state index contributed by atoms with van der Waals surface area (Å²) in [6.45, 7) is 0. The lowest BCUT2D eigenvalue weighted by molar-refractivity contribution is -0.132. The first-order valence-corrected chi connectivity index (χ1v) is 7.94. The van der Waals surface area contributed by atoms with Crippen LogP contribution in [0.15, 0.2) is 29.4 Å². The third-order valence-corrected chi connectivity index (χ3v) is 4.34. The van der Waals surface area contributed by atoms with E-state index in [1.54, 1.807) is 7.11 Å². The number of benzene rings is 1. The Balaban J connectivity index is 1.54. The minimum absolute atomic E-state index is 0.0424. The Kier molecular flexibility index (Phi) is 4.61. The summed E-state index contributed by atoms with van der Waals surface area (Å²) in [6.07, 6.45) is 5.84. The first-order chi connectivity index (χ1) is 10.8. The van der Waals surface area contributed by atoms with E-state index in [0.717, 1.165) is 29.9 Å². The first kappa shape index (κ1) is 14.9. The zero-order chi connectivity index (χ0) is 15.4. The fourth-order valence-electron chi connectivity index (χ4n) is 3.01. The Morgan fingerprint density at radius 3 is 2.64 bits per heavy atom. The summed E-state index contributed by atoms with van der Waals surface area (Å²) >= 11 is 0. The predicted molar refractivity (Wildman–Crippen MR) is 84.0 cm³/mol. The third-order valence-electron chi connectivity index (χ3n) is 4.34. The summed E-state index contributed by atoms with van der Waals surface area (Å²) in [5.41, 5.74) is 1.78. The van der Waals surface area contributed by atoms with Gasteiger partial charge in [0.2, 0.25) is 6.10 Å². The van der Waals surface area contributed by atoms with E-state index < -0.39 is 6.10 Å². The molecule has 5 nitrogen and oxygen atoms in total. The molecule has 1 aromatic carbocycles. The molecule has 0 spiro atoms. The molecular formula is C17H22N2O3. The average molecular weight is 302 g/mol. The van der Waals surface area contributed by atoms with E-state index in [1.165, 1.54) is 19.3 Å². The minimum Gasteiger partial charge on any atom is -0.497 e. The molecule has 5 heteroatoms. The number of ether oxygens (including phenoxy) is 1. The molecule has 0 radical (unpaired) electrons. The zero-order valence-corrected chi connectivity index (χ0v) is 12.9. The third kappa shape index (κ3) is 3.40. The van der Waals surface area contributed by atoms with Gasteiger partial charge in [0.1, 0.15) is 5.75 Å². The highest BCUT2D eigenvalue weighted by molar-refractivity contribution is 6.04. The van der Waals surface area contributed by atoms with Crippen molar-refractivity contribution < 1.29 is 14.4 Å². The van der Waals surface area contributed by atoms with Crippen molar-refractivity contribution in [1.82, 2.24) is 5.32 Å². The van der Waals surface area contributed by atoms with Crippen molar-refractivity contribution in [3.8, 4) is 5.75 Å². The molecule has 2 aliphatic rings. The van der Waals surface area contributed by atoms with E-state index in [4.69, 9.17) is 9.57 Å². The van der Waals surface area contributed by atoms with Crippen LogP contribution in [0.5, 0.6) is 5.75 Å². The van der Waals surface area contributed by atoms with Crippen molar-refractivity contribution in [3.05, 3.63) is 29.8 Å². The number of amides is 1. The normalized spacial score (nSPS) is 21.9. The molecule has 1 amide bonds. The molecule has 1 aliphatic heterocycles. The molecule has 1 unspecified atom stereocenters. The maximum Gasteiger partial charge on any atom is 0.264 e. The van der Waals surface area contributed by atoms with Crippen molar-refractivity contribution in [2.24, 2.45) is 5.16 Å². The van der Waals surface area contributed by atoms with Crippen LogP contribution in [0, 0.1) is 0 Å². The molecule has 0 bridgehead atoms. The smallest absolute Gasteiger partial charge is 0.264 e. The van der Waals surface area contributed by atoms with Crippen molar-refractivity contribution in [1.29, 1.82) is 0 Å². The van der Waals surface area contributed by atoms with Crippen molar-refractivity contribution >= 4 is 11.6 Å². The lowest BCUT2D eigenvalue weighted by Crippen LogP contribution is -2.42. The van der Waals surface area contributed by atoms with Gasteiger partial charge in [0.05, 0.1) is 12.8 Å². The summed E-state index contributed by atoms with van der Waals surface area (Å²) < 4.78 is 5.14. The Morgan fingerprint density at radius 1 is 1.23 bits per heavy atom. The van der Waals surface area contributed by atoms with E-state index in [9.17, 15) is 4.79 Å². The zero-order valence-electron chi connectivity index (χ0n) is 12.9. The van der Waals surface area contributed by atoms with Crippen LogP contribution >= 0.6 is 0 Å². The van der Waals surface area contributed by atoms with Crippen LogP contribution in [0.25, 0.3) is 0 Å². The quantitative estimate of drug-likeness (QED) is 0.930. The maximum atomic E-state index is 12.3. The lowest BCUT2D eigenvalue weighted by atomic mass is 9.95. The fraction of sp³-hybridized carbons (Fsp3) is 0.529. The van der Waals surface area contributed by atoms with Crippen LogP contribution in [0.3, 0.4) is 0 Å². The fourth-order valence-corrected chi connectivity index (χ4v) is 3.01. The lowest BCUT2D eigenvalue weighted by Gasteiger charge is -2.23. The maximum absolute atomic E-state index is 12.3. The summed E-state index contributed by atoms with van der Waals surface area (Å²) in [7, 11) is 1.64. The number of hydrogen-bond donors (Lipinski definition) is 1. The topological polar surface area (TPSA) is 59.9 Å². The number of nitrogens with one attached hydrogen (secondary N) is 1. The molecule has 1 heterocycles. The van der Waals surface area contributed by atoms with E-state index in [1.807, 2.05) is 24.3 Å². The van der Waals surface area contributed by atoms with Gasteiger partial charge in [0.25, 0.3) is 5.91 Å². The summed E-state index contributed by atoms with van der Waals surface area (Å²) in [5, 5.41) is 7.17. The van der Waals surface area contributed by atoms with Crippen molar-refractivity contribution in [2.75, 3.05) is 7.11 Å².